The van der Waals surface area contributed by atoms with Crippen LogP contribution in [0.25, 0.3) is 0 Å². The quantitative estimate of drug-likeness (QED) is 0.577. The Morgan fingerprint density at radius 2 is 2.00 bits per heavy atom. The first-order valence-electron chi connectivity index (χ1n) is 4.50. The Hall–Kier alpha value is -1.26. The summed E-state index contributed by atoms with van der Waals surface area (Å²) < 4.78 is 0. The first-order valence-corrected chi connectivity index (χ1v) is 4.50. The zero-order valence-electron chi connectivity index (χ0n) is 8.23. The van der Waals surface area contributed by atoms with Crippen LogP contribution >= 0.6 is 0 Å². The van der Waals surface area contributed by atoms with Crippen molar-refractivity contribution in [3.63, 3.8) is 0 Å². The lowest BCUT2D eigenvalue weighted by Crippen LogP contribution is -1.99. The molecular weight excluding hydrogens is 184 g/mol. The molecule has 1 atom stereocenters. The van der Waals surface area contributed by atoms with E-state index in [1.54, 1.807) is 6.07 Å². The number of rotatable bonds is 4. The fraction of sp³-hybridized carbons (Fsp3) is 0.400. The lowest BCUT2D eigenvalue weighted by Gasteiger charge is -2.13. The molecule has 0 heterocycles. The third-order valence-corrected chi connectivity index (χ3v) is 2.34. The maximum atomic E-state index is 8.68. The Labute approximate surface area is 82.6 Å². The van der Waals surface area contributed by atoms with E-state index >= 15 is 0 Å². The summed E-state index contributed by atoms with van der Waals surface area (Å²) in [6.45, 7) is 4.03. The summed E-state index contributed by atoms with van der Waals surface area (Å²) in [5, 5.41) is 17.2. The van der Waals surface area contributed by atoms with E-state index in [1.165, 1.54) is 6.07 Å². The SMILES string of the molecule is CCC(C)c1cccc(OO)c1OO. The van der Waals surface area contributed by atoms with Crippen LogP contribution in [0.3, 0.4) is 0 Å². The maximum Gasteiger partial charge on any atom is 0.214 e. The summed E-state index contributed by atoms with van der Waals surface area (Å²) >= 11 is 0. The largest absolute Gasteiger partial charge is 0.336 e. The van der Waals surface area contributed by atoms with Gasteiger partial charge in [-0.25, -0.2) is 10.5 Å². The van der Waals surface area contributed by atoms with Gasteiger partial charge >= 0.3 is 0 Å². The molecule has 4 nitrogen and oxygen atoms in total. The standard InChI is InChI=1S/C10H14O4/c1-3-7(2)8-5-4-6-9(13-11)10(8)14-12/h4-7,11-12H,3H2,1-2H3. The van der Waals surface area contributed by atoms with Crippen molar-refractivity contribution in [3.05, 3.63) is 23.8 Å². The van der Waals surface area contributed by atoms with E-state index in [2.05, 4.69) is 9.78 Å². The van der Waals surface area contributed by atoms with Gasteiger partial charge in [-0.1, -0.05) is 26.0 Å². The minimum atomic E-state index is 0.116. The minimum Gasteiger partial charge on any atom is -0.336 e. The van der Waals surface area contributed by atoms with Gasteiger partial charge in [0, 0.05) is 5.56 Å². The Morgan fingerprint density at radius 3 is 2.50 bits per heavy atom. The van der Waals surface area contributed by atoms with E-state index in [-0.39, 0.29) is 17.4 Å². The molecule has 2 N–H and O–H groups in total. The third-order valence-electron chi connectivity index (χ3n) is 2.34. The highest BCUT2D eigenvalue weighted by atomic mass is 17.1. The first kappa shape index (κ1) is 10.8. The Kier molecular flexibility index (Phi) is 3.73. The van der Waals surface area contributed by atoms with Gasteiger partial charge < -0.3 is 9.78 Å². The van der Waals surface area contributed by atoms with Crippen LogP contribution < -0.4 is 9.78 Å². The summed E-state index contributed by atoms with van der Waals surface area (Å²) in [5.41, 5.74) is 0.807. The number of para-hydroxylation sites is 1. The van der Waals surface area contributed by atoms with E-state index in [0.29, 0.717) is 0 Å². The highest BCUT2D eigenvalue weighted by molar-refractivity contribution is 5.47. The van der Waals surface area contributed by atoms with Crippen molar-refractivity contribution >= 4 is 0 Å². The van der Waals surface area contributed by atoms with Crippen LogP contribution in [0.5, 0.6) is 11.5 Å². The van der Waals surface area contributed by atoms with Crippen molar-refractivity contribution in [1.82, 2.24) is 0 Å². The topological polar surface area (TPSA) is 58.9 Å². The Bertz CT molecular complexity index is 298. The first-order chi connectivity index (χ1) is 6.74. The molecule has 0 bridgehead atoms. The van der Waals surface area contributed by atoms with Crippen molar-refractivity contribution in [2.75, 3.05) is 0 Å². The second-order valence-electron chi connectivity index (χ2n) is 3.17. The predicted octanol–water partition coefficient (Wildman–Crippen LogP) is 2.90. The monoisotopic (exact) mass is 198 g/mol. The van der Waals surface area contributed by atoms with Gasteiger partial charge in [0.25, 0.3) is 0 Å². The molecule has 0 saturated carbocycles. The van der Waals surface area contributed by atoms with Crippen LogP contribution in [0, 0.1) is 0 Å². The van der Waals surface area contributed by atoms with E-state index in [0.717, 1.165) is 12.0 Å². The molecule has 0 fully saturated rings. The molecule has 1 aromatic rings. The van der Waals surface area contributed by atoms with Gasteiger partial charge in [0.2, 0.25) is 11.5 Å². The molecule has 0 aliphatic heterocycles. The average Bonchev–Trinajstić information content (AvgIpc) is 2.26. The van der Waals surface area contributed by atoms with Gasteiger partial charge in [0.05, 0.1) is 0 Å². The van der Waals surface area contributed by atoms with Crippen molar-refractivity contribution in [3.8, 4) is 11.5 Å². The molecule has 1 rings (SSSR count). The zero-order valence-corrected chi connectivity index (χ0v) is 8.23. The van der Waals surface area contributed by atoms with Gasteiger partial charge in [-0.2, -0.15) is 0 Å². The highest BCUT2D eigenvalue weighted by Gasteiger charge is 2.15. The summed E-state index contributed by atoms with van der Waals surface area (Å²) in [6, 6.07) is 5.06. The second kappa shape index (κ2) is 4.83. The van der Waals surface area contributed by atoms with Gasteiger partial charge in [-0.3, -0.25) is 0 Å². The van der Waals surface area contributed by atoms with Crippen molar-refractivity contribution < 1.29 is 20.3 Å². The van der Waals surface area contributed by atoms with Crippen LogP contribution in [-0.2, 0) is 0 Å². The van der Waals surface area contributed by atoms with Crippen LogP contribution in [0.2, 0.25) is 0 Å². The lowest BCUT2D eigenvalue weighted by molar-refractivity contribution is -0.164. The molecule has 0 aromatic heterocycles. The lowest BCUT2D eigenvalue weighted by atomic mass is 9.97. The Balaban J connectivity index is 3.14. The van der Waals surface area contributed by atoms with Crippen molar-refractivity contribution in [2.45, 2.75) is 26.2 Å². The van der Waals surface area contributed by atoms with Crippen molar-refractivity contribution in [2.24, 2.45) is 0 Å². The second-order valence-corrected chi connectivity index (χ2v) is 3.17. The number of hydrogen-bond donors (Lipinski definition) is 2. The fourth-order valence-electron chi connectivity index (χ4n) is 1.31. The molecule has 0 aliphatic carbocycles. The summed E-state index contributed by atoms with van der Waals surface area (Å²) in [6.07, 6.45) is 0.908. The van der Waals surface area contributed by atoms with Crippen LogP contribution in [-0.4, -0.2) is 10.5 Å². The normalized spacial score (nSPS) is 12.3. The van der Waals surface area contributed by atoms with E-state index in [4.69, 9.17) is 10.5 Å². The van der Waals surface area contributed by atoms with E-state index in [9.17, 15) is 0 Å². The molecule has 78 valence electrons. The highest BCUT2D eigenvalue weighted by Crippen LogP contribution is 2.36. The Morgan fingerprint density at radius 1 is 1.29 bits per heavy atom. The molecule has 0 amide bonds. The van der Waals surface area contributed by atoms with Gasteiger partial charge in [0.1, 0.15) is 0 Å². The summed E-state index contributed by atoms with van der Waals surface area (Å²) in [7, 11) is 0. The predicted molar refractivity (Wildman–Crippen MR) is 51.7 cm³/mol. The maximum absolute atomic E-state index is 8.68. The zero-order chi connectivity index (χ0) is 10.6. The molecular formula is C10H14O4. The van der Waals surface area contributed by atoms with Crippen LogP contribution in [0.4, 0.5) is 0 Å². The molecule has 0 spiro atoms. The molecule has 1 unspecified atom stereocenters. The van der Waals surface area contributed by atoms with Crippen LogP contribution in [0.15, 0.2) is 18.2 Å². The molecule has 0 saturated heterocycles. The van der Waals surface area contributed by atoms with E-state index in [1.807, 2.05) is 19.9 Å². The molecule has 0 radical (unpaired) electrons. The minimum absolute atomic E-state index is 0.116. The smallest absolute Gasteiger partial charge is 0.214 e. The number of hydrogen-bond acceptors (Lipinski definition) is 4. The molecule has 4 heteroatoms. The van der Waals surface area contributed by atoms with Gasteiger partial charge in [-0.15, -0.1) is 0 Å². The van der Waals surface area contributed by atoms with Gasteiger partial charge in [-0.05, 0) is 18.4 Å². The molecule has 14 heavy (non-hydrogen) atoms. The summed E-state index contributed by atoms with van der Waals surface area (Å²) in [4.78, 5) is 8.29. The summed E-state index contributed by atoms with van der Waals surface area (Å²) in [5.74, 6) is 0.516. The van der Waals surface area contributed by atoms with Gasteiger partial charge in [0.15, 0.2) is 0 Å². The molecule has 0 aliphatic rings. The third kappa shape index (κ3) is 1.97. The number of benzene rings is 1. The fourth-order valence-corrected chi connectivity index (χ4v) is 1.31. The van der Waals surface area contributed by atoms with Crippen LogP contribution in [0.1, 0.15) is 31.7 Å². The van der Waals surface area contributed by atoms with E-state index < -0.39 is 0 Å². The average molecular weight is 198 g/mol. The molecule has 1 aromatic carbocycles. The van der Waals surface area contributed by atoms with Crippen molar-refractivity contribution in [1.29, 1.82) is 0 Å².